The average Bonchev–Trinajstić information content (AvgIpc) is 3.26. The first-order valence-corrected chi connectivity index (χ1v) is 14.6. The van der Waals surface area contributed by atoms with Gasteiger partial charge in [0.15, 0.2) is 4.34 Å². The smallest absolute Gasteiger partial charge is 0.264 e. The van der Waals surface area contributed by atoms with E-state index < -0.39 is 21.2 Å². The number of nitrogens with one attached hydrogen (secondary N) is 2. The van der Waals surface area contributed by atoms with E-state index in [-0.39, 0.29) is 10.8 Å². The van der Waals surface area contributed by atoms with E-state index in [9.17, 15) is 18.0 Å². The third-order valence-electron chi connectivity index (χ3n) is 5.11. The molecule has 0 aliphatic carbocycles. The van der Waals surface area contributed by atoms with E-state index in [2.05, 4.69) is 15.0 Å². The molecule has 4 rings (SSSR count). The van der Waals surface area contributed by atoms with Crippen molar-refractivity contribution >= 4 is 72.4 Å². The van der Waals surface area contributed by atoms with Crippen LogP contribution in [0.15, 0.2) is 82.0 Å². The maximum atomic E-state index is 13.0. The Bertz CT molecular complexity index is 1490. The molecule has 1 unspecified atom stereocenters. The van der Waals surface area contributed by atoms with Gasteiger partial charge in [-0.2, -0.15) is 0 Å². The van der Waals surface area contributed by atoms with Crippen molar-refractivity contribution in [1.29, 1.82) is 0 Å². The summed E-state index contributed by atoms with van der Waals surface area (Å²) in [5.74, 6) is -0.920. The second-order valence-corrected chi connectivity index (χ2v) is 12.4. The van der Waals surface area contributed by atoms with Crippen LogP contribution in [0.3, 0.4) is 0 Å². The van der Waals surface area contributed by atoms with E-state index in [1.54, 1.807) is 36.4 Å². The third-order valence-corrected chi connectivity index (χ3v) is 9.10. The van der Waals surface area contributed by atoms with Crippen LogP contribution in [0.1, 0.15) is 30.1 Å². The summed E-state index contributed by atoms with van der Waals surface area (Å²) in [5, 5.41) is 2.65. The van der Waals surface area contributed by atoms with Gasteiger partial charge in [-0.05, 0) is 61.0 Å². The number of carbonyl (C=O) groups excluding carboxylic acids is 2. The lowest BCUT2D eigenvalue weighted by molar-refractivity contribution is -0.118. The van der Waals surface area contributed by atoms with Crippen LogP contribution in [0.4, 0.5) is 5.69 Å². The normalized spacial score (nSPS) is 12.3. The highest BCUT2D eigenvalue weighted by atomic mass is 35.5. The average molecular weight is 560 g/mol. The van der Waals surface area contributed by atoms with Gasteiger partial charge in [-0.1, -0.05) is 54.9 Å². The molecule has 2 amide bonds. The van der Waals surface area contributed by atoms with Crippen LogP contribution in [0, 0.1) is 0 Å². The molecule has 1 heterocycles. The molecule has 0 saturated heterocycles. The Kier molecular flexibility index (Phi) is 8.30. The summed E-state index contributed by atoms with van der Waals surface area (Å²) in [4.78, 5) is 29.7. The number of hydrogen-bond acceptors (Lipinski definition) is 7. The number of thioether (sulfide) groups is 1. The summed E-state index contributed by atoms with van der Waals surface area (Å²) >= 11 is 8.70. The molecule has 186 valence electrons. The Morgan fingerprint density at radius 2 is 1.78 bits per heavy atom. The molecule has 11 heteroatoms. The summed E-state index contributed by atoms with van der Waals surface area (Å²) in [6.07, 6.45) is 1.17. The van der Waals surface area contributed by atoms with E-state index in [1.807, 2.05) is 19.1 Å². The molecule has 0 radical (unpaired) electrons. The van der Waals surface area contributed by atoms with Crippen LogP contribution >= 0.6 is 34.7 Å². The van der Waals surface area contributed by atoms with Crippen LogP contribution in [0.5, 0.6) is 0 Å². The fourth-order valence-corrected chi connectivity index (χ4v) is 6.99. The van der Waals surface area contributed by atoms with Gasteiger partial charge in [-0.3, -0.25) is 9.59 Å². The number of hydrogen-bond donors (Lipinski definition) is 2. The highest BCUT2D eigenvalue weighted by molar-refractivity contribution is 8.02. The number of rotatable bonds is 9. The molecule has 1 atom stereocenters. The highest BCUT2D eigenvalue weighted by Gasteiger charge is 2.26. The largest absolute Gasteiger partial charge is 0.322 e. The first kappa shape index (κ1) is 26.2. The molecular formula is C25H22ClN3O4S3. The highest BCUT2D eigenvalue weighted by Crippen LogP contribution is 2.34. The number of thiazole rings is 1. The van der Waals surface area contributed by atoms with E-state index in [4.69, 9.17) is 11.6 Å². The van der Waals surface area contributed by atoms with Gasteiger partial charge in [-0.25, -0.2) is 18.1 Å². The topological polar surface area (TPSA) is 105 Å². The molecule has 2 N–H and O–H groups in total. The van der Waals surface area contributed by atoms with Crippen molar-refractivity contribution in [2.45, 2.75) is 34.3 Å². The summed E-state index contributed by atoms with van der Waals surface area (Å²) in [5.41, 5.74) is 1.65. The lowest BCUT2D eigenvalue weighted by atomic mass is 10.2. The van der Waals surface area contributed by atoms with Crippen molar-refractivity contribution in [3.05, 3.63) is 83.4 Å². The molecule has 0 saturated carbocycles. The van der Waals surface area contributed by atoms with Gasteiger partial charge in [0, 0.05) is 16.3 Å². The number of amides is 2. The summed E-state index contributed by atoms with van der Waals surface area (Å²) in [6.45, 7) is 1.93. The first-order valence-electron chi connectivity index (χ1n) is 11.0. The Morgan fingerprint density at radius 3 is 2.47 bits per heavy atom. The second-order valence-electron chi connectivity index (χ2n) is 7.80. The van der Waals surface area contributed by atoms with Gasteiger partial charge < -0.3 is 5.32 Å². The van der Waals surface area contributed by atoms with Crippen molar-refractivity contribution < 1.29 is 18.0 Å². The second kappa shape index (κ2) is 11.4. The minimum absolute atomic E-state index is 0.0802. The maximum Gasteiger partial charge on any atom is 0.264 e. The zero-order valence-electron chi connectivity index (χ0n) is 19.1. The number of carbonyl (C=O) groups is 2. The van der Waals surface area contributed by atoms with Crippen LogP contribution in [-0.2, 0) is 14.8 Å². The Morgan fingerprint density at radius 1 is 1.06 bits per heavy atom. The van der Waals surface area contributed by atoms with Gasteiger partial charge in [0.2, 0.25) is 5.91 Å². The molecule has 0 spiro atoms. The van der Waals surface area contributed by atoms with E-state index >= 15 is 0 Å². The minimum Gasteiger partial charge on any atom is -0.322 e. The predicted molar refractivity (Wildman–Crippen MR) is 145 cm³/mol. The number of benzene rings is 3. The lowest BCUT2D eigenvalue weighted by Crippen LogP contribution is -2.37. The molecule has 0 bridgehead atoms. The van der Waals surface area contributed by atoms with E-state index in [0.29, 0.717) is 33.5 Å². The number of halogens is 1. The SMILES string of the molecule is CCCC(Sc1nc2cc(Cl)ccc2s1)C(=O)NS(=O)(=O)c1ccc(NC(=O)c2ccccc2)cc1. The first-order chi connectivity index (χ1) is 17.2. The molecule has 7 nitrogen and oxygen atoms in total. The molecule has 4 aromatic rings. The molecule has 0 aliphatic rings. The predicted octanol–water partition coefficient (Wildman–Crippen LogP) is 5.97. The standard InChI is InChI=1S/C25H22ClN3O4S3/c1-2-6-22(35-25-28-20-15-17(26)9-14-21(20)34-25)24(31)29-36(32,33)19-12-10-18(11-13-19)27-23(30)16-7-4-3-5-8-16/h3-5,7-15,22H,2,6H2,1H3,(H,27,30)(H,29,31). The van der Waals surface area contributed by atoms with Crippen molar-refractivity contribution in [2.75, 3.05) is 5.32 Å². The minimum atomic E-state index is -4.10. The monoisotopic (exact) mass is 559 g/mol. The molecule has 3 aromatic carbocycles. The molecule has 0 fully saturated rings. The third kappa shape index (κ3) is 6.44. The van der Waals surface area contributed by atoms with Gasteiger partial charge in [0.1, 0.15) is 0 Å². The summed E-state index contributed by atoms with van der Waals surface area (Å²) < 4.78 is 29.5. The number of aromatic nitrogens is 1. The number of nitrogens with zero attached hydrogens (tertiary/aromatic N) is 1. The molecular weight excluding hydrogens is 538 g/mol. The van der Waals surface area contributed by atoms with Crippen LogP contribution in [0.2, 0.25) is 5.02 Å². The van der Waals surface area contributed by atoms with Crippen molar-refractivity contribution in [3.63, 3.8) is 0 Å². The lowest BCUT2D eigenvalue weighted by Gasteiger charge is -2.15. The summed E-state index contributed by atoms with van der Waals surface area (Å²) in [6, 6.07) is 19.7. The summed E-state index contributed by atoms with van der Waals surface area (Å²) in [7, 11) is -4.10. The van der Waals surface area contributed by atoms with Crippen LogP contribution in [0.25, 0.3) is 10.2 Å². The fourth-order valence-electron chi connectivity index (χ4n) is 3.32. The molecule has 36 heavy (non-hydrogen) atoms. The quantitative estimate of drug-likeness (QED) is 0.245. The van der Waals surface area contributed by atoms with Crippen molar-refractivity contribution in [2.24, 2.45) is 0 Å². The van der Waals surface area contributed by atoms with Gasteiger partial charge in [-0.15, -0.1) is 11.3 Å². The van der Waals surface area contributed by atoms with Crippen molar-refractivity contribution in [3.8, 4) is 0 Å². The number of anilines is 1. The van der Waals surface area contributed by atoms with Crippen LogP contribution < -0.4 is 10.0 Å². The van der Waals surface area contributed by atoms with Crippen molar-refractivity contribution in [1.82, 2.24) is 9.71 Å². The van der Waals surface area contributed by atoms with E-state index in [0.717, 1.165) is 10.2 Å². The number of sulfonamides is 1. The number of fused-ring (bicyclic) bond motifs is 1. The zero-order chi connectivity index (χ0) is 25.7. The maximum absolute atomic E-state index is 13.0. The zero-order valence-corrected chi connectivity index (χ0v) is 22.3. The molecule has 1 aromatic heterocycles. The fraction of sp³-hybridized carbons (Fsp3) is 0.160. The Labute approximate surface area is 222 Å². The van der Waals surface area contributed by atoms with Gasteiger partial charge >= 0.3 is 0 Å². The molecule has 0 aliphatic heterocycles. The van der Waals surface area contributed by atoms with E-state index in [1.165, 1.54) is 47.4 Å². The van der Waals surface area contributed by atoms with Gasteiger partial charge in [0.25, 0.3) is 15.9 Å². The van der Waals surface area contributed by atoms with Gasteiger partial charge in [0.05, 0.1) is 20.4 Å². The Balaban J connectivity index is 1.43. The van der Waals surface area contributed by atoms with Crippen LogP contribution in [-0.4, -0.2) is 30.5 Å². The Hall–Kier alpha value is -2.92.